The van der Waals surface area contributed by atoms with Crippen LogP contribution in [0.25, 0.3) is 0 Å². The van der Waals surface area contributed by atoms with E-state index in [1.54, 1.807) is 0 Å². The molecule has 74 valence electrons. The van der Waals surface area contributed by atoms with Crippen LogP contribution in [0.4, 0.5) is 0 Å². The highest BCUT2D eigenvalue weighted by atomic mass is 16.1. The molecule has 0 saturated heterocycles. The van der Waals surface area contributed by atoms with Gasteiger partial charge in [0.25, 0.3) is 0 Å². The second-order valence-corrected chi connectivity index (χ2v) is 4.43. The number of benzene rings is 1. The Labute approximate surface area is 85.1 Å². The fourth-order valence-corrected chi connectivity index (χ4v) is 2.10. The summed E-state index contributed by atoms with van der Waals surface area (Å²) in [7, 11) is 0. The van der Waals surface area contributed by atoms with E-state index < -0.39 is 0 Å². The van der Waals surface area contributed by atoms with Crippen LogP contribution in [0.5, 0.6) is 0 Å². The first kappa shape index (κ1) is 9.45. The first-order valence-electron chi connectivity index (χ1n) is 5.29. The lowest BCUT2D eigenvalue weighted by Gasteiger charge is -2.04. The molecule has 2 rings (SSSR count). The average Bonchev–Trinajstić information content (AvgIpc) is 2.27. The molecule has 1 atom stereocenters. The van der Waals surface area contributed by atoms with Gasteiger partial charge < -0.3 is 0 Å². The quantitative estimate of drug-likeness (QED) is 0.571. The SMILES string of the molecule is Cc1ccc2c(c1)C(=O)CC(C)CC2. The van der Waals surface area contributed by atoms with Gasteiger partial charge in [-0.25, -0.2) is 0 Å². The summed E-state index contributed by atoms with van der Waals surface area (Å²) in [6, 6.07) is 6.25. The summed E-state index contributed by atoms with van der Waals surface area (Å²) in [6.07, 6.45) is 2.92. The zero-order chi connectivity index (χ0) is 10.1. The summed E-state index contributed by atoms with van der Waals surface area (Å²) in [6.45, 7) is 4.21. The number of carbonyl (C=O) groups is 1. The molecule has 1 aromatic rings. The molecule has 1 unspecified atom stereocenters. The summed E-state index contributed by atoms with van der Waals surface area (Å²) in [5.74, 6) is 0.865. The smallest absolute Gasteiger partial charge is 0.163 e. The van der Waals surface area contributed by atoms with Crippen LogP contribution < -0.4 is 0 Å². The number of fused-ring (bicyclic) bond motifs is 1. The lowest BCUT2D eigenvalue weighted by atomic mass is 10.00. The van der Waals surface area contributed by atoms with Crippen LogP contribution >= 0.6 is 0 Å². The van der Waals surface area contributed by atoms with Crippen molar-refractivity contribution in [3.8, 4) is 0 Å². The van der Waals surface area contributed by atoms with Gasteiger partial charge in [0.05, 0.1) is 0 Å². The summed E-state index contributed by atoms with van der Waals surface area (Å²) in [5, 5.41) is 0. The molecule has 1 aliphatic carbocycles. The zero-order valence-corrected chi connectivity index (χ0v) is 8.84. The number of rotatable bonds is 0. The Balaban J connectivity index is 2.44. The molecular formula is C13H16O. The molecule has 0 aliphatic heterocycles. The Kier molecular flexibility index (Phi) is 2.40. The summed E-state index contributed by atoms with van der Waals surface area (Å²) in [5.41, 5.74) is 3.39. The number of ketones is 1. The Bertz CT molecular complexity index is 365. The van der Waals surface area contributed by atoms with E-state index in [1.807, 2.05) is 13.0 Å². The topological polar surface area (TPSA) is 17.1 Å². The Morgan fingerprint density at radius 2 is 2.14 bits per heavy atom. The van der Waals surface area contributed by atoms with E-state index in [-0.39, 0.29) is 0 Å². The third-order valence-electron chi connectivity index (χ3n) is 3.01. The van der Waals surface area contributed by atoms with Crippen LogP contribution in [-0.2, 0) is 6.42 Å². The van der Waals surface area contributed by atoms with Gasteiger partial charge in [-0.05, 0) is 37.3 Å². The monoisotopic (exact) mass is 188 g/mol. The molecule has 0 N–H and O–H groups in total. The van der Waals surface area contributed by atoms with Gasteiger partial charge in [-0.1, -0.05) is 24.6 Å². The normalized spacial score (nSPS) is 21.6. The first-order chi connectivity index (χ1) is 6.66. The van der Waals surface area contributed by atoms with Crippen molar-refractivity contribution in [1.82, 2.24) is 0 Å². The standard InChI is InChI=1S/C13H16O/c1-9-3-5-11-6-4-10(2)8-13(14)12(11)7-9/h3,5,7,10H,4,6,8H2,1-2H3. The van der Waals surface area contributed by atoms with Crippen molar-refractivity contribution < 1.29 is 4.79 Å². The molecule has 0 amide bonds. The van der Waals surface area contributed by atoms with Crippen LogP contribution in [0.1, 0.15) is 41.3 Å². The third kappa shape index (κ3) is 1.72. The summed E-state index contributed by atoms with van der Waals surface area (Å²) in [4.78, 5) is 11.9. The van der Waals surface area contributed by atoms with Gasteiger partial charge in [0.1, 0.15) is 0 Å². The molecule has 0 heterocycles. The predicted molar refractivity (Wildman–Crippen MR) is 57.6 cm³/mol. The van der Waals surface area contributed by atoms with Crippen LogP contribution in [0.15, 0.2) is 18.2 Å². The molecule has 0 spiro atoms. The predicted octanol–water partition coefficient (Wildman–Crippen LogP) is 3.15. The maximum Gasteiger partial charge on any atom is 0.163 e. The van der Waals surface area contributed by atoms with Crippen LogP contribution in [-0.4, -0.2) is 5.78 Å². The van der Waals surface area contributed by atoms with E-state index in [2.05, 4.69) is 19.1 Å². The highest BCUT2D eigenvalue weighted by Crippen LogP contribution is 2.24. The molecule has 1 aromatic carbocycles. The van der Waals surface area contributed by atoms with Gasteiger partial charge in [-0.3, -0.25) is 4.79 Å². The molecule has 0 saturated carbocycles. The molecule has 1 aliphatic rings. The zero-order valence-electron chi connectivity index (χ0n) is 8.84. The molecule has 1 heteroatoms. The van der Waals surface area contributed by atoms with Crippen molar-refractivity contribution in [2.75, 3.05) is 0 Å². The second-order valence-electron chi connectivity index (χ2n) is 4.43. The number of carbonyl (C=O) groups excluding carboxylic acids is 1. The number of hydrogen-bond acceptors (Lipinski definition) is 1. The van der Waals surface area contributed by atoms with Crippen molar-refractivity contribution in [3.63, 3.8) is 0 Å². The molecule has 1 nitrogen and oxygen atoms in total. The maximum atomic E-state index is 11.9. The molecule has 0 aromatic heterocycles. The van der Waals surface area contributed by atoms with E-state index in [0.29, 0.717) is 11.7 Å². The van der Waals surface area contributed by atoms with Crippen LogP contribution in [0.3, 0.4) is 0 Å². The fourth-order valence-electron chi connectivity index (χ4n) is 2.10. The minimum absolute atomic E-state index is 0.328. The van der Waals surface area contributed by atoms with Crippen molar-refractivity contribution >= 4 is 5.78 Å². The highest BCUT2D eigenvalue weighted by Gasteiger charge is 2.19. The van der Waals surface area contributed by atoms with Gasteiger partial charge in [0.15, 0.2) is 5.78 Å². The van der Waals surface area contributed by atoms with E-state index in [0.717, 1.165) is 24.8 Å². The molecule has 0 bridgehead atoms. The summed E-state index contributed by atoms with van der Waals surface area (Å²) >= 11 is 0. The molecular weight excluding hydrogens is 172 g/mol. The summed E-state index contributed by atoms with van der Waals surface area (Å²) < 4.78 is 0. The maximum absolute atomic E-state index is 11.9. The van der Waals surface area contributed by atoms with Crippen LogP contribution in [0, 0.1) is 12.8 Å². The van der Waals surface area contributed by atoms with E-state index >= 15 is 0 Å². The van der Waals surface area contributed by atoms with Gasteiger partial charge in [0.2, 0.25) is 0 Å². The minimum atomic E-state index is 0.328. The lowest BCUT2D eigenvalue weighted by Crippen LogP contribution is -2.03. The molecule has 0 radical (unpaired) electrons. The van der Waals surface area contributed by atoms with E-state index in [1.165, 1.54) is 11.1 Å². The van der Waals surface area contributed by atoms with Gasteiger partial charge in [0, 0.05) is 12.0 Å². The van der Waals surface area contributed by atoms with Crippen molar-refractivity contribution in [2.45, 2.75) is 33.1 Å². The largest absolute Gasteiger partial charge is 0.294 e. The highest BCUT2D eigenvalue weighted by molar-refractivity contribution is 5.98. The van der Waals surface area contributed by atoms with Crippen molar-refractivity contribution in [2.24, 2.45) is 5.92 Å². The van der Waals surface area contributed by atoms with Gasteiger partial charge in [-0.2, -0.15) is 0 Å². The van der Waals surface area contributed by atoms with Crippen molar-refractivity contribution in [1.29, 1.82) is 0 Å². The number of Topliss-reactive ketones (excluding diaryl/α,β-unsaturated/α-hetero) is 1. The molecule has 0 fully saturated rings. The van der Waals surface area contributed by atoms with Gasteiger partial charge in [-0.15, -0.1) is 0 Å². The Hall–Kier alpha value is -1.11. The molecule has 14 heavy (non-hydrogen) atoms. The number of aryl methyl sites for hydroxylation is 2. The Morgan fingerprint density at radius 3 is 2.93 bits per heavy atom. The van der Waals surface area contributed by atoms with Crippen LogP contribution in [0.2, 0.25) is 0 Å². The Morgan fingerprint density at radius 1 is 1.36 bits per heavy atom. The van der Waals surface area contributed by atoms with E-state index in [4.69, 9.17) is 0 Å². The second kappa shape index (κ2) is 3.56. The first-order valence-corrected chi connectivity index (χ1v) is 5.29. The average molecular weight is 188 g/mol. The fraction of sp³-hybridized carbons (Fsp3) is 0.462. The third-order valence-corrected chi connectivity index (χ3v) is 3.01. The van der Waals surface area contributed by atoms with Gasteiger partial charge >= 0.3 is 0 Å². The van der Waals surface area contributed by atoms with Crippen molar-refractivity contribution in [3.05, 3.63) is 34.9 Å². The number of hydrogen-bond donors (Lipinski definition) is 0. The lowest BCUT2D eigenvalue weighted by molar-refractivity contribution is 0.0967. The minimum Gasteiger partial charge on any atom is -0.294 e. The van der Waals surface area contributed by atoms with E-state index in [9.17, 15) is 4.79 Å².